The van der Waals surface area contributed by atoms with Crippen molar-refractivity contribution < 1.29 is 8.78 Å². The van der Waals surface area contributed by atoms with E-state index in [0.29, 0.717) is 11.0 Å². The Morgan fingerprint density at radius 1 is 1.33 bits per heavy atom. The number of hydrogen-bond donors (Lipinski definition) is 1. The molecule has 1 atom stereocenters. The van der Waals surface area contributed by atoms with Gasteiger partial charge in [0.15, 0.2) is 11.6 Å². The van der Waals surface area contributed by atoms with Gasteiger partial charge in [-0.2, -0.15) is 0 Å². The first kappa shape index (κ1) is 13.5. The summed E-state index contributed by atoms with van der Waals surface area (Å²) < 4.78 is 26.8. The topological polar surface area (TPSA) is 12.0 Å². The van der Waals surface area contributed by atoms with Crippen LogP contribution in [0.3, 0.4) is 0 Å². The van der Waals surface area contributed by atoms with Crippen molar-refractivity contribution in [2.24, 2.45) is 5.41 Å². The minimum absolute atomic E-state index is 0.148. The summed E-state index contributed by atoms with van der Waals surface area (Å²) in [6, 6.07) is 4.22. The molecule has 3 heteroatoms. The molecule has 18 heavy (non-hydrogen) atoms. The molecule has 1 aromatic rings. The minimum atomic E-state index is -0.769. The Morgan fingerprint density at radius 3 is 2.61 bits per heavy atom. The molecule has 1 N–H and O–H groups in total. The summed E-state index contributed by atoms with van der Waals surface area (Å²) in [5.74, 6) is -1.49. The number of halogens is 2. The Kier molecular flexibility index (Phi) is 4.00. The highest BCUT2D eigenvalue weighted by Crippen LogP contribution is 2.43. The van der Waals surface area contributed by atoms with Gasteiger partial charge in [-0.1, -0.05) is 25.5 Å². The molecule has 1 aliphatic carbocycles. The molecule has 0 bridgehead atoms. The zero-order chi connectivity index (χ0) is 13.2. The van der Waals surface area contributed by atoms with Crippen molar-refractivity contribution in [3.8, 4) is 0 Å². The molecule has 0 amide bonds. The second-order valence-corrected chi connectivity index (χ2v) is 5.45. The van der Waals surface area contributed by atoms with Crippen molar-refractivity contribution in [3.05, 3.63) is 35.4 Å². The molecular weight excluding hydrogens is 232 g/mol. The van der Waals surface area contributed by atoms with Gasteiger partial charge in [0.2, 0.25) is 0 Å². The zero-order valence-electron chi connectivity index (χ0n) is 11.1. The Balaban J connectivity index is 1.99. The Morgan fingerprint density at radius 2 is 2.06 bits per heavy atom. The predicted octanol–water partition coefficient (Wildman–Crippen LogP) is 4.20. The maximum Gasteiger partial charge on any atom is 0.163 e. The van der Waals surface area contributed by atoms with E-state index in [1.54, 1.807) is 12.1 Å². The predicted molar refractivity (Wildman–Crippen MR) is 69.4 cm³/mol. The van der Waals surface area contributed by atoms with E-state index in [0.717, 1.165) is 19.0 Å². The molecule has 0 heterocycles. The van der Waals surface area contributed by atoms with Crippen molar-refractivity contribution in [1.29, 1.82) is 0 Å². The lowest BCUT2D eigenvalue weighted by Gasteiger charge is -2.42. The summed E-state index contributed by atoms with van der Waals surface area (Å²) in [6.45, 7) is 4.98. The van der Waals surface area contributed by atoms with E-state index >= 15 is 0 Å². The van der Waals surface area contributed by atoms with Gasteiger partial charge in [-0.3, -0.25) is 0 Å². The van der Waals surface area contributed by atoms with Crippen LogP contribution < -0.4 is 5.32 Å². The first-order valence-corrected chi connectivity index (χ1v) is 6.75. The van der Waals surface area contributed by atoms with Crippen LogP contribution in [0.25, 0.3) is 0 Å². The highest BCUT2D eigenvalue weighted by molar-refractivity contribution is 5.22. The van der Waals surface area contributed by atoms with Crippen LogP contribution in [0.5, 0.6) is 0 Å². The molecule has 1 aromatic carbocycles. The first-order chi connectivity index (χ1) is 8.58. The average Bonchev–Trinajstić information content (AvgIpc) is 2.31. The fourth-order valence-corrected chi connectivity index (χ4v) is 2.67. The molecule has 100 valence electrons. The fraction of sp³-hybridized carbons (Fsp3) is 0.600. The van der Waals surface area contributed by atoms with Gasteiger partial charge in [-0.15, -0.1) is 0 Å². The lowest BCUT2D eigenvalue weighted by atomic mass is 9.67. The molecule has 0 saturated heterocycles. The Bertz CT molecular complexity index is 407. The van der Waals surface area contributed by atoms with Crippen LogP contribution in [0.1, 0.15) is 51.1 Å². The zero-order valence-corrected chi connectivity index (χ0v) is 11.1. The molecule has 0 spiro atoms. The van der Waals surface area contributed by atoms with Gasteiger partial charge < -0.3 is 5.32 Å². The third kappa shape index (κ3) is 2.56. The highest BCUT2D eigenvalue weighted by Gasteiger charge is 2.35. The smallest absolute Gasteiger partial charge is 0.163 e. The van der Waals surface area contributed by atoms with E-state index in [1.807, 2.05) is 6.92 Å². The van der Waals surface area contributed by atoms with Gasteiger partial charge >= 0.3 is 0 Å². The van der Waals surface area contributed by atoms with E-state index in [-0.39, 0.29) is 6.04 Å². The summed E-state index contributed by atoms with van der Waals surface area (Å²) in [7, 11) is 0. The molecule has 1 nitrogen and oxygen atoms in total. The van der Waals surface area contributed by atoms with Crippen molar-refractivity contribution in [2.45, 2.75) is 45.6 Å². The molecular formula is C15H21F2N. The van der Waals surface area contributed by atoms with Crippen LogP contribution in [0.2, 0.25) is 0 Å². The molecule has 1 saturated carbocycles. The van der Waals surface area contributed by atoms with Crippen LogP contribution in [0.15, 0.2) is 18.2 Å². The summed E-state index contributed by atoms with van der Waals surface area (Å²) in [5.41, 5.74) is 0.804. The van der Waals surface area contributed by atoms with Gasteiger partial charge in [0.05, 0.1) is 0 Å². The van der Waals surface area contributed by atoms with Crippen LogP contribution >= 0.6 is 0 Å². The van der Waals surface area contributed by atoms with Gasteiger partial charge in [0.1, 0.15) is 0 Å². The van der Waals surface area contributed by atoms with E-state index in [2.05, 4.69) is 12.2 Å². The second kappa shape index (κ2) is 5.35. The SMILES string of the molecule is CCC1(CNC(C)c2cccc(F)c2F)CCC1. The van der Waals surface area contributed by atoms with Crippen LogP contribution in [0.4, 0.5) is 8.78 Å². The third-order valence-corrected chi connectivity index (χ3v) is 4.40. The first-order valence-electron chi connectivity index (χ1n) is 6.75. The summed E-state index contributed by atoms with van der Waals surface area (Å²) in [4.78, 5) is 0. The number of rotatable bonds is 5. The second-order valence-electron chi connectivity index (χ2n) is 5.45. The van der Waals surface area contributed by atoms with E-state index in [4.69, 9.17) is 0 Å². The van der Waals surface area contributed by atoms with E-state index in [1.165, 1.54) is 19.3 Å². The molecule has 2 rings (SSSR count). The number of benzene rings is 1. The van der Waals surface area contributed by atoms with Gasteiger partial charge in [-0.25, -0.2) is 8.78 Å². The lowest BCUT2D eigenvalue weighted by molar-refractivity contribution is 0.120. The lowest BCUT2D eigenvalue weighted by Crippen LogP contribution is -2.40. The monoisotopic (exact) mass is 253 g/mol. The minimum Gasteiger partial charge on any atom is -0.310 e. The quantitative estimate of drug-likeness (QED) is 0.829. The standard InChI is InChI=1S/C15H21F2N/c1-3-15(8-5-9-15)10-18-11(2)12-6-4-7-13(16)14(12)17/h4,6-7,11,18H,3,5,8-10H2,1-2H3. The normalized spacial score (nSPS) is 19.3. The molecule has 1 aliphatic rings. The molecule has 0 aliphatic heterocycles. The highest BCUT2D eigenvalue weighted by atomic mass is 19.2. The van der Waals surface area contributed by atoms with E-state index in [9.17, 15) is 8.78 Å². The van der Waals surface area contributed by atoms with Crippen molar-refractivity contribution in [2.75, 3.05) is 6.54 Å². The van der Waals surface area contributed by atoms with E-state index < -0.39 is 11.6 Å². The van der Waals surface area contributed by atoms with Crippen molar-refractivity contribution >= 4 is 0 Å². The molecule has 1 fully saturated rings. The number of nitrogens with one attached hydrogen (secondary N) is 1. The van der Waals surface area contributed by atoms with Crippen LogP contribution in [-0.2, 0) is 0 Å². The van der Waals surface area contributed by atoms with Gasteiger partial charge in [-0.05, 0) is 37.7 Å². The van der Waals surface area contributed by atoms with Gasteiger partial charge in [0, 0.05) is 18.2 Å². The molecule has 0 radical (unpaired) electrons. The number of hydrogen-bond acceptors (Lipinski definition) is 1. The summed E-state index contributed by atoms with van der Waals surface area (Å²) in [5, 5.41) is 3.35. The average molecular weight is 253 g/mol. The summed E-state index contributed by atoms with van der Waals surface area (Å²) in [6.07, 6.45) is 4.93. The fourth-order valence-electron chi connectivity index (χ4n) is 2.67. The Labute approximate surface area is 108 Å². The summed E-state index contributed by atoms with van der Waals surface area (Å²) >= 11 is 0. The largest absolute Gasteiger partial charge is 0.310 e. The molecule has 1 unspecified atom stereocenters. The van der Waals surface area contributed by atoms with Gasteiger partial charge in [0.25, 0.3) is 0 Å². The Hall–Kier alpha value is -0.960. The third-order valence-electron chi connectivity index (χ3n) is 4.40. The van der Waals surface area contributed by atoms with Crippen molar-refractivity contribution in [1.82, 2.24) is 5.32 Å². The van der Waals surface area contributed by atoms with Crippen LogP contribution in [-0.4, -0.2) is 6.54 Å². The maximum absolute atomic E-state index is 13.6. The van der Waals surface area contributed by atoms with Crippen LogP contribution in [0, 0.1) is 17.0 Å². The van der Waals surface area contributed by atoms with Crippen molar-refractivity contribution in [3.63, 3.8) is 0 Å². The maximum atomic E-state index is 13.6. The molecule has 0 aromatic heterocycles.